The second kappa shape index (κ2) is 5.48. The van der Waals surface area contributed by atoms with Gasteiger partial charge in [0, 0.05) is 44.3 Å². The molecule has 0 bridgehead atoms. The summed E-state index contributed by atoms with van der Waals surface area (Å²) in [5.74, 6) is 0.0304. The first-order valence-corrected chi connectivity index (χ1v) is 7.56. The minimum absolute atomic E-state index is 0.0116. The molecule has 0 unspecified atom stereocenters. The van der Waals surface area contributed by atoms with Crippen molar-refractivity contribution in [2.24, 2.45) is 7.05 Å². The highest BCUT2D eigenvalue weighted by Crippen LogP contribution is 2.22. The summed E-state index contributed by atoms with van der Waals surface area (Å²) < 4.78 is 2.04. The normalized spacial score (nSPS) is 19.0. The zero-order valence-corrected chi connectivity index (χ0v) is 13.2. The van der Waals surface area contributed by atoms with Crippen LogP contribution < -0.4 is 0 Å². The highest BCUT2D eigenvalue weighted by atomic mass is 16.2. The lowest BCUT2D eigenvalue weighted by molar-refractivity contribution is -0.149. The van der Waals surface area contributed by atoms with Gasteiger partial charge in [-0.1, -0.05) is 18.2 Å². The summed E-state index contributed by atoms with van der Waals surface area (Å²) in [6.07, 6.45) is 2.34. The Hall–Kier alpha value is -2.30. The molecule has 0 radical (unpaired) electrons. The van der Waals surface area contributed by atoms with Crippen LogP contribution >= 0.6 is 0 Å². The lowest BCUT2D eigenvalue weighted by Gasteiger charge is -2.37. The monoisotopic (exact) mass is 299 g/mol. The topological polar surface area (TPSA) is 45.6 Å². The van der Waals surface area contributed by atoms with Gasteiger partial charge in [0.2, 0.25) is 11.8 Å². The number of para-hydroxylation sites is 1. The van der Waals surface area contributed by atoms with Crippen molar-refractivity contribution >= 4 is 22.7 Å². The van der Waals surface area contributed by atoms with E-state index in [2.05, 4.69) is 0 Å². The number of hydrogen-bond acceptors (Lipinski definition) is 2. The molecular weight excluding hydrogens is 278 g/mol. The van der Waals surface area contributed by atoms with Gasteiger partial charge in [0.05, 0.1) is 6.42 Å². The van der Waals surface area contributed by atoms with Crippen LogP contribution in [0.4, 0.5) is 0 Å². The van der Waals surface area contributed by atoms with Crippen LogP contribution in [0.25, 0.3) is 10.9 Å². The summed E-state index contributed by atoms with van der Waals surface area (Å²) in [7, 11) is 3.77. The molecule has 5 heteroatoms. The van der Waals surface area contributed by atoms with E-state index >= 15 is 0 Å². The molecule has 0 aliphatic carbocycles. The van der Waals surface area contributed by atoms with Gasteiger partial charge in [0.15, 0.2) is 0 Å². The minimum Gasteiger partial charge on any atom is -0.350 e. The Balaban J connectivity index is 1.83. The lowest BCUT2D eigenvalue weighted by atomic mass is 10.1. The maximum atomic E-state index is 12.6. The SMILES string of the molecule is C[C@H]1C(=O)N(C)CCN1C(=O)Cc1cn(C)c2ccccc12. The molecule has 2 heterocycles. The van der Waals surface area contributed by atoms with Gasteiger partial charge in [-0.25, -0.2) is 0 Å². The second-order valence-corrected chi connectivity index (χ2v) is 5.98. The van der Waals surface area contributed by atoms with Gasteiger partial charge in [0.1, 0.15) is 6.04 Å². The van der Waals surface area contributed by atoms with E-state index in [9.17, 15) is 9.59 Å². The van der Waals surface area contributed by atoms with Crippen molar-refractivity contribution in [3.63, 3.8) is 0 Å². The van der Waals surface area contributed by atoms with Gasteiger partial charge in [-0.3, -0.25) is 9.59 Å². The van der Waals surface area contributed by atoms with Crippen LogP contribution in [-0.4, -0.2) is 52.4 Å². The van der Waals surface area contributed by atoms with E-state index in [1.165, 1.54) is 0 Å². The molecule has 1 aromatic carbocycles. The van der Waals surface area contributed by atoms with Crippen molar-refractivity contribution < 1.29 is 9.59 Å². The number of aryl methyl sites for hydroxylation is 1. The molecule has 1 aliphatic rings. The minimum atomic E-state index is -0.374. The van der Waals surface area contributed by atoms with Crippen LogP contribution in [0, 0.1) is 0 Å². The molecule has 3 rings (SSSR count). The fourth-order valence-electron chi connectivity index (χ4n) is 3.19. The largest absolute Gasteiger partial charge is 0.350 e. The first kappa shape index (κ1) is 14.6. The lowest BCUT2D eigenvalue weighted by Crippen LogP contribution is -2.56. The van der Waals surface area contributed by atoms with Crippen LogP contribution in [-0.2, 0) is 23.1 Å². The maximum absolute atomic E-state index is 12.6. The van der Waals surface area contributed by atoms with Crippen molar-refractivity contribution in [3.05, 3.63) is 36.0 Å². The van der Waals surface area contributed by atoms with Crippen LogP contribution in [0.15, 0.2) is 30.5 Å². The standard InChI is InChI=1S/C17H21N3O2/c1-12-17(22)18(2)8-9-20(12)16(21)10-13-11-19(3)15-7-5-4-6-14(13)15/h4-7,11-12H,8-10H2,1-3H3/t12-/m0/s1. The molecule has 1 saturated heterocycles. The quantitative estimate of drug-likeness (QED) is 0.841. The maximum Gasteiger partial charge on any atom is 0.244 e. The molecule has 116 valence electrons. The predicted octanol–water partition coefficient (Wildman–Crippen LogP) is 1.41. The molecule has 1 aliphatic heterocycles. The average molecular weight is 299 g/mol. The van der Waals surface area contributed by atoms with Crippen LogP contribution in [0.3, 0.4) is 0 Å². The summed E-state index contributed by atoms with van der Waals surface area (Å²) in [5.41, 5.74) is 2.13. The number of carbonyl (C=O) groups excluding carboxylic acids is 2. The van der Waals surface area contributed by atoms with Crippen molar-refractivity contribution in [2.75, 3.05) is 20.1 Å². The van der Waals surface area contributed by atoms with Gasteiger partial charge < -0.3 is 14.4 Å². The van der Waals surface area contributed by atoms with E-state index in [0.29, 0.717) is 19.5 Å². The molecule has 2 aromatic rings. The zero-order valence-electron chi connectivity index (χ0n) is 13.2. The predicted molar refractivity (Wildman–Crippen MR) is 85.4 cm³/mol. The molecule has 0 saturated carbocycles. The summed E-state index contributed by atoms with van der Waals surface area (Å²) in [4.78, 5) is 28.1. The van der Waals surface area contributed by atoms with Gasteiger partial charge in [-0.05, 0) is 18.6 Å². The molecule has 0 spiro atoms. The molecule has 1 fully saturated rings. The summed E-state index contributed by atoms with van der Waals surface area (Å²) >= 11 is 0. The van der Waals surface area contributed by atoms with Gasteiger partial charge in [-0.2, -0.15) is 0 Å². The van der Waals surface area contributed by atoms with Gasteiger partial charge in [0.25, 0.3) is 0 Å². The molecule has 0 N–H and O–H groups in total. The van der Waals surface area contributed by atoms with E-state index < -0.39 is 0 Å². The number of aromatic nitrogens is 1. The number of fused-ring (bicyclic) bond motifs is 1. The van der Waals surface area contributed by atoms with Crippen LogP contribution in [0.5, 0.6) is 0 Å². The number of carbonyl (C=O) groups is 2. The zero-order chi connectivity index (χ0) is 15.9. The summed E-state index contributed by atoms with van der Waals surface area (Å²) in [5, 5.41) is 1.10. The Morgan fingerprint density at radius 1 is 1.23 bits per heavy atom. The number of piperazine rings is 1. The average Bonchev–Trinajstić information content (AvgIpc) is 2.82. The van der Waals surface area contributed by atoms with Crippen molar-refractivity contribution in [3.8, 4) is 0 Å². The van der Waals surface area contributed by atoms with Crippen molar-refractivity contribution in [1.29, 1.82) is 0 Å². The van der Waals surface area contributed by atoms with E-state index in [4.69, 9.17) is 0 Å². The van der Waals surface area contributed by atoms with Crippen LogP contribution in [0.2, 0.25) is 0 Å². The van der Waals surface area contributed by atoms with Crippen LogP contribution in [0.1, 0.15) is 12.5 Å². The van der Waals surface area contributed by atoms with Gasteiger partial charge in [-0.15, -0.1) is 0 Å². The summed E-state index contributed by atoms with van der Waals surface area (Å²) in [6, 6.07) is 7.69. The first-order valence-electron chi connectivity index (χ1n) is 7.56. The van der Waals surface area contributed by atoms with E-state index in [0.717, 1.165) is 16.5 Å². The third-order valence-electron chi connectivity index (χ3n) is 4.52. The third kappa shape index (κ3) is 2.36. The Kier molecular flexibility index (Phi) is 3.64. The number of likely N-dealkylation sites (N-methyl/N-ethyl adjacent to an activating group) is 1. The first-order chi connectivity index (χ1) is 10.5. The molecule has 5 nitrogen and oxygen atoms in total. The Bertz CT molecular complexity index is 735. The highest BCUT2D eigenvalue weighted by molar-refractivity contribution is 5.92. The molecular formula is C17H21N3O2. The van der Waals surface area contributed by atoms with Crippen molar-refractivity contribution in [1.82, 2.24) is 14.4 Å². The molecule has 1 aromatic heterocycles. The Labute approximate surface area is 130 Å². The van der Waals surface area contributed by atoms with E-state index in [1.54, 1.807) is 23.8 Å². The highest BCUT2D eigenvalue weighted by Gasteiger charge is 2.32. The van der Waals surface area contributed by atoms with E-state index in [1.807, 2.05) is 42.1 Å². The number of hydrogen-bond donors (Lipinski definition) is 0. The fourth-order valence-corrected chi connectivity index (χ4v) is 3.19. The number of amides is 2. The molecule has 22 heavy (non-hydrogen) atoms. The van der Waals surface area contributed by atoms with Crippen molar-refractivity contribution in [2.45, 2.75) is 19.4 Å². The number of benzene rings is 1. The Morgan fingerprint density at radius 2 is 1.95 bits per heavy atom. The summed E-state index contributed by atoms with van der Waals surface area (Å²) in [6.45, 7) is 3.01. The second-order valence-electron chi connectivity index (χ2n) is 5.98. The number of nitrogens with zero attached hydrogens (tertiary/aromatic N) is 3. The molecule has 2 amide bonds. The third-order valence-corrected chi connectivity index (χ3v) is 4.52. The van der Waals surface area contributed by atoms with E-state index in [-0.39, 0.29) is 17.9 Å². The Morgan fingerprint density at radius 3 is 2.73 bits per heavy atom. The fraction of sp³-hybridized carbons (Fsp3) is 0.412. The number of rotatable bonds is 2. The van der Waals surface area contributed by atoms with Gasteiger partial charge >= 0.3 is 0 Å². The molecule has 1 atom stereocenters. The smallest absolute Gasteiger partial charge is 0.244 e.